The number of hydrogen-bond donors (Lipinski definition) is 2. The van der Waals surface area contributed by atoms with Gasteiger partial charge in [-0.25, -0.2) is 0 Å². The van der Waals surface area contributed by atoms with Gasteiger partial charge in [-0.2, -0.15) is 0 Å². The lowest BCUT2D eigenvalue weighted by molar-refractivity contribution is 0.205. The molecular weight excluding hydrogens is 240 g/mol. The summed E-state index contributed by atoms with van der Waals surface area (Å²) in [6, 6.07) is 7.55. The van der Waals surface area contributed by atoms with Crippen LogP contribution in [-0.2, 0) is 0 Å². The quantitative estimate of drug-likeness (QED) is 0.628. The van der Waals surface area contributed by atoms with Crippen molar-refractivity contribution in [1.29, 1.82) is 0 Å². The molecule has 106 valence electrons. The van der Waals surface area contributed by atoms with Crippen molar-refractivity contribution in [1.82, 2.24) is 4.90 Å². The van der Waals surface area contributed by atoms with E-state index >= 15 is 0 Å². The van der Waals surface area contributed by atoms with E-state index in [-0.39, 0.29) is 5.54 Å². The molecule has 5 heteroatoms. The smallest absolute Gasteiger partial charge is 0.193 e. The Hall–Kier alpha value is -1.75. The number of hydrogen-bond acceptors (Lipinski definition) is 3. The van der Waals surface area contributed by atoms with Gasteiger partial charge in [0, 0.05) is 11.2 Å². The maximum absolute atomic E-state index is 5.87. The predicted molar refractivity (Wildman–Crippen MR) is 80.9 cm³/mol. The fourth-order valence-electron chi connectivity index (χ4n) is 1.28. The number of methoxy groups -OCH3 is 1. The van der Waals surface area contributed by atoms with Gasteiger partial charge in [-0.1, -0.05) is 0 Å². The normalized spacial score (nSPS) is 12.6. The van der Waals surface area contributed by atoms with E-state index in [0.717, 1.165) is 11.4 Å². The first-order valence-corrected chi connectivity index (χ1v) is 6.23. The second-order valence-corrected chi connectivity index (χ2v) is 5.26. The van der Waals surface area contributed by atoms with Gasteiger partial charge in [-0.05, 0) is 52.2 Å². The number of anilines is 1. The molecule has 0 aliphatic heterocycles. The highest BCUT2D eigenvalue weighted by atomic mass is 16.5. The highest BCUT2D eigenvalue weighted by Crippen LogP contribution is 2.15. The molecule has 0 amide bonds. The molecule has 0 spiro atoms. The Kier molecular flexibility index (Phi) is 5.18. The molecule has 3 N–H and O–H groups in total. The minimum Gasteiger partial charge on any atom is -0.497 e. The zero-order chi connectivity index (χ0) is 14.5. The molecule has 1 aromatic rings. The fourth-order valence-corrected chi connectivity index (χ4v) is 1.28. The summed E-state index contributed by atoms with van der Waals surface area (Å²) in [5, 5.41) is 3.06. The van der Waals surface area contributed by atoms with Crippen LogP contribution >= 0.6 is 0 Å². The molecule has 0 saturated heterocycles. The zero-order valence-corrected chi connectivity index (χ0v) is 12.4. The summed E-state index contributed by atoms with van der Waals surface area (Å²) in [4.78, 5) is 6.49. The van der Waals surface area contributed by atoms with Crippen LogP contribution in [0.3, 0.4) is 0 Å². The van der Waals surface area contributed by atoms with Crippen molar-refractivity contribution in [2.75, 3.05) is 33.1 Å². The van der Waals surface area contributed by atoms with Crippen LogP contribution in [0.2, 0.25) is 0 Å². The lowest BCUT2D eigenvalue weighted by Gasteiger charge is -2.30. The van der Waals surface area contributed by atoms with Gasteiger partial charge in [0.25, 0.3) is 0 Å². The van der Waals surface area contributed by atoms with Gasteiger partial charge >= 0.3 is 0 Å². The van der Waals surface area contributed by atoms with Crippen LogP contribution in [-0.4, -0.2) is 44.1 Å². The van der Waals surface area contributed by atoms with Crippen molar-refractivity contribution < 1.29 is 4.74 Å². The largest absolute Gasteiger partial charge is 0.497 e. The Morgan fingerprint density at radius 2 is 1.89 bits per heavy atom. The second kappa shape index (κ2) is 6.43. The van der Waals surface area contributed by atoms with Gasteiger partial charge in [0.15, 0.2) is 5.96 Å². The summed E-state index contributed by atoms with van der Waals surface area (Å²) in [5.74, 6) is 1.23. The molecule has 0 aliphatic carbocycles. The standard InChI is InChI=1S/C14H24N4O/c1-14(2,18(3)4)10-16-13(15)17-11-6-8-12(19-5)9-7-11/h6-9H,10H2,1-5H3,(H3,15,16,17). The summed E-state index contributed by atoms with van der Waals surface area (Å²) in [6.07, 6.45) is 0. The molecule has 1 aromatic carbocycles. The number of likely N-dealkylation sites (N-methyl/N-ethyl adjacent to an activating group) is 1. The lowest BCUT2D eigenvalue weighted by Crippen LogP contribution is -2.41. The fraction of sp³-hybridized carbons (Fsp3) is 0.500. The minimum atomic E-state index is -0.0216. The van der Waals surface area contributed by atoms with E-state index in [1.807, 2.05) is 38.4 Å². The van der Waals surface area contributed by atoms with E-state index in [1.54, 1.807) is 7.11 Å². The maximum atomic E-state index is 5.87. The van der Waals surface area contributed by atoms with Gasteiger partial charge in [0.2, 0.25) is 0 Å². The summed E-state index contributed by atoms with van der Waals surface area (Å²) < 4.78 is 5.10. The molecule has 0 unspecified atom stereocenters. The molecule has 0 atom stereocenters. The van der Waals surface area contributed by atoms with E-state index in [9.17, 15) is 0 Å². The summed E-state index contributed by atoms with van der Waals surface area (Å²) in [5.41, 5.74) is 6.74. The third-order valence-corrected chi connectivity index (χ3v) is 3.21. The molecule has 0 aliphatic rings. The summed E-state index contributed by atoms with van der Waals surface area (Å²) in [7, 11) is 5.70. The Morgan fingerprint density at radius 3 is 2.37 bits per heavy atom. The second-order valence-electron chi connectivity index (χ2n) is 5.26. The lowest BCUT2D eigenvalue weighted by atomic mass is 10.1. The maximum Gasteiger partial charge on any atom is 0.193 e. The van der Waals surface area contributed by atoms with Crippen molar-refractivity contribution in [3.8, 4) is 5.75 Å². The van der Waals surface area contributed by atoms with Crippen molar-refractivity contribution in [2.45, 2.75) is 19.4 Å². The van der Waals surface area contributed by atoms with Gasteiger partial charge in [-0.3, -0.25) is 4.99 Å². The van der Waals surface area contributed by atoms with Crippen LogP contribution in [0.15, 0.2) is 29.3 Å². The van der Waals surface area contributed by atoms with Crippen molar-refractivity contribution in [2.24, 2.45) is 10.7 Å². The van der Waals surface area contributed by atoms with E-state index in [2.05, 4.69) is 29.1 Å². The van der Waals surface area contributed by atoms with Gasteiger partial charge in [0.05, 0.1) is 13.7 Å². The average Bonchev–Trinajstić information content (AvgIpc) is 2.37. The number of rotatable bonds is 5. The number of guanidine groups is 1. The van der Waals surface area contributed by atoms with Crippen LogP contribution in [0, 0.1) is 0 Å². The molecule has 0 fully saturated rings. The number of aliphatic imine (C=N–C) groups is 1. The molecular formula is C14H24N4O. The average molecular weight is 264 g/mol. The first kappa shape index (κ1) is 15.3. The highest BCUT2D eigenvalue weighted by molar-refractivity contribution is 5.92. The monoisotopic (exact) mass is 264 g/mol. The van der Waals surface area contributed by atoms with Crippen LogP contribution in [0.1, 0.15) is 13.8 Å². The molecule has 0 aromatic heterocycles. The highest BCUT2D eigenvalue weighted by Gasteiger charge is 2.19. The van der Waals surface area contributed by atoms with Gasteiger partial charge in [-0.15, -0.1) is 0 Å². The Balaban J connectivity index is 2.60. The van der Waals surface area contributed by atoms with Gasteiger partial charge in [0.1, 0.15) is 5.75 Å². The molecule has 1 rings (SSSR count). The number of nitrogens with zero attached hydrogens (tertiary/aromatic N) is 2. The molecule has 0 saturated carbocycles. The molecule has 5 nitrogen and oxygen atoms in total. The zero-order valence-electron chi connectivity index (χ0n) is 12.4. The van der Waals surface area contributed by atoms with Crippen molar-refractivity contribution >= 4 is 11.6 Å². The predicted octanol–water partition coefficient (Wildman–Crippen LogP) is 1.76. The van der Waals surface area contributed by atoms with Crippen LogP contribution in [0.5, 0.6) is 5.75 Å². The number of benzene rings is 1. The van der Waals surface area contributed by atoms with E-state index in [1.165, 1.54) is 0 Å². The first-order valence-electron chi connectivity index (χ1n) is 6.23. The van der Waals surface area contributed by atoms with Gasteiger partial charge < -0.3 is 20.7 Å². The third-order valence-electron chi connectivity index (χ3n) is 3.21. The van der Waals surface area contributed by atoms with E-state index in [4.69, 9.17) is 10.5 Å². The van der Waals surface area contributed by atoms with Crippen LogP contribution in [0.4, 0.5) is 5.69 Å². The topological polar surface area (TPSA) is 62.9 Å². The third kappa shape index (κ3) is 4.79. The van der Waals surface area contributed by atoms with Crippen LogP contribution < -0.4 is 15.8 Å². The SMILES string of the molecule is COc1ccc(NC(N)=NCC(C)(C)N(C)C)cc1. The molecule has 0 bridgehead atoms. The first-order chi connectivity index (χ1) is 8.85. The minimum absolute atomic E-state index is 0.0216. The summed E-state index contributed by atoms with van der Waals surface area (Å²) >= 11 is 0. The molecule has 0 radical (unpaired) electrons. The Bertz CT molecular complexity index is 424. The molecule has 0 heterocycles. The molecule has 19 heavy (non-hydrogen) atoms. The number of ether oxygens (including phenoxy) is 1. The Morgan fingerprint density at radius 1 is 1.32 bits per heavy atom. The van der Waals surface area contributed by atoms with E-state index in [0.29, 0.717) is 12.5 Å². The number of nitrogens with one attached hydrogen (secondary N) is 1. The van der Waals surface area contributed by atoms with Crippen LogP contribution in [0.25, 0.3) is 0 Å². The summed E-state index contributed by atoms with van der Waals surface area (Å²) in [6.45, 7) is 4.88. The Labute approximate surface area is 115 Å². The van der Waals surface area contributed by atoms with Crippen molar-refractivity contribution in [3.63, 3.8) is 0 Å². The van der Waals surface area contributed by atoms with Crippen molar-refractivity contribution in [3.05, 3.63) is 24.3 Å². The van der Waals surface area contributed by atoms with E-state index < -0.39 is 0 Å². The number of nitrogens with two attached hydrogens (primary N) is 1.